The van der Waals surface area contributed by atoms with Crippen LogP contribution < -0.4 is 10.4 Å². The van der Waals surface area contributed by atoms with Crippen LogP contribution in [-0.2, 0) is 56.4 Å². The molecule has 0 bridgehead atoms. The molecule has 1 aliphatic heterocycles. The van der Waals surface area contributed by atoms with Gasteiger partial charge in [0.25, 0.3) is 0 Å². The van der Waals surface area contributed by atoms with E-state index in [1.807, 2.05) is 112 Å². The van der Waals surface area contributed by atoms with E-state index in [1.165, 1.54) is 21.5 Å². The predicted octanol–water partition coefficient (Wildman–Crippen LogP) is 19.9. The first-order chi connectivity index (χ1) is 35.0. The first kappa shape index (κ1) is 60.6. The van der Waals surface area contributed by atoms with Crippen LogP contribution in [0.1, 0.15) is 126 Å². The Morgan fingerprint density at radius 2 is 0.829 bits per heavy atom. The number of rotatable bonds is 4. The van der Waals surface area contributed by atoms with Gasteiger partial charge in [-0.25, -0.2) is 0 Å². The van der Waals surface area contributed by atoms with Gasteiger partial charge >= 0.3 is 62.6 Å². The first-order valence-electron chi connectivity index (χ1n) is 23.9. The van der Waals surface area contributed by atoms with E-state index in [-0.39, 0.29) is 35.1 Å². The number of alkyl halides is 12. The molecule has 0 unspecified atom stereocenters. The van der Waals surface area contributed by atoms with Crippen molar-refractivity contribution in [2.24, 2.45) is 0 Å². The molecule has 0 saturated heterocycles. The van der Waals surface area contributed by atoms with Gasteiger partial charge in [0.1, 0.15) is 0 Å². The molecule has 1 aliphatic rings. The maximum absolute atomic E-state index is 13.4. The van der Waals surface area contributed by atoms with Gasteiger partial charge in [-0.15, -0.1) is 74.6 Å². The number of hydrogen-bond acceptors (Lipinski definition) is 0. The summed E-state index contributed by atoms with van der Waals surface area (Å²) in [6.07, 6.45) is -19.6. The van der Waals surface area contributed by atoms with Gasteiger partial charge in [0, 0.05) is 0 Å². The number of fused-ring (bicyclic) bond motifs is 5. The van der Waals surface area contributed by atoms with Crippen LogP contribution in [0, 0.1) is 6.07 Å². The zero-order valence-corrected chi connectivity index (χ0v) is 48.0. The minimum atomic E-state index is -4.89. The van der Waals surface area contributed by atoms with Crippen molar-refractivity contribution in [3.05, 3.63) is 178 Å². The third-order valence-corrected chi connectivity index (χ3v) is 14.2. The molecule has 76 heavy (non-hydrogen) atoms. The summed E-state index contributed by atoms with van der Waals surface area (Å²) in [5, 5.41) is 5.75. The van der Waals surface area contributed by atoms with Gasteiger partial charge in [-0.2, -0.15) is 94.3 Å². The topological polar surface area (TPSA) is 0 Å². The van der Waals surface area contributed by atoms with Crippen molar-refractivity contribution >= 4 is 58.5 Å². The molecule has 0 spiro atoms. The van der Waals surface area contributed by atoms with Gasteiger partial charge in [0.15, 0.2) is 0 Å². The largest absolute Gasteiger partial charge is 0.184 e. The zero-order chi connectivity index (χ0) is 56.7. The first-order valence-corrected chi connectivity index (χ1v) is 31.3. The van der Waals surface area contributed by atoms with Crippen LogP contribution >= 0.6 is 17.0 Å². The summed E-state index contributed by atoms with van der Waals surface area (Å²) in [4.78, 5) is 0. The Hall–Kier alpha value is -4.62. The molecule has 0 aromatic heterocycles. The summed E-state index contributed by atoms with van der Waals surface area (Å²) in [5.41, 5.74) is 0.640. The normalized spacial score (nSPS) is 12.9. The van der Waals surface area contributed by atoms with E-state index in [9.17, 15) is 52.7 Å². The van der Waals surface area contributed by atoms with Crippen LogP contribution in [0.4, 0.5) is 52.7 Å². The minimum absolute atomic E-state index is 0.0754. The summed E-state index contributed by atoms with van der Waals surface area (Å²) in [5.74, 6) is 0.353. The standard InChI is InChI=1S/2C24H23F6.C12H7Si.2ClH.Zr/c2*1-13(2)15-8-14-6-7-20(22(3,4)5)21(19(14)11-15)16-9-17(23(25,26)27)12-18(10-16)24(28,29)30;1-3-7-11-9(5-1)10-6-2-4-8-12(10)13-11;;;/h2*6-13H,1-5H3;1-7H;2*1H;/q3*-1;;;+2/p-2. The quantitative estimate of drug-likeness (QED) is 0.0936. The molecule has 9 rings (SSSR count). The molecular weight excluding hydrogens is 1140 g/mol. The molecule has 0 amide bonds. The molecular formula is C60H53Cl2F12SiZr-3. The predicted molar refractivity (Wildman–Crippen MR) is 283 cm³/mol. The van der Waals surface area contributed by atoms with E-state index >= 15 is 0 Å². The molecule has 0 saturated carbocycles. The van der Waals surface area contributed by atoms with Crippen LogP contribution in [0.2, 0.25) is 0 Å². The molecule has 0 nitrogen and oxygen atoms in total. The van der Waals surface area contributed by atoms with Gasteiger partial charge in [0.05, 0.1) is 31.8 Å². The Morgan fingerprint density at radius 3 is 1.17 bits per heavy atom. The molecule has 2 radical (unpaired) electrons. The van der Waals surface area contributed by atoms with Crippen LogP contribution in [0.3, 0.4) is 0 Å². The smallest absolute Gasteiger partial charge is 0.0920 e. The zero-order valence-electron chi connectivity index (χ0n) is 43.1. The molecule has 0 aliphatic carbocycles. The van der Waals surface area contributed by atoms with Crippen molar-refractivity contribution in [1.29, 1.82) is 0 Å². The van der Waals surface area contributed by atoms with Crippen LogP contribution in [0.15, 0.2) is 127 Å². The average molecular weight is 1190 g/mol. The minimum Gasteiger partial charge on any atom is -0.184 e. The Bertz CT molecular complexity index is 3040. The molecule has 16 heteroatoms. The number of hydrogen-bond donors (Lipinski definition) is 0. The van der Waals surface area contributed by atoms with E-state index < -0.39 is 78.6 Å². The second-order valence-corrected chi connectivity index (χ2v) is 26.2. The van der Waals surface area contributed by atoms with E-state index in [4.69, 9.17) is 17.0 Å². The van der Waals surface area contributed by atoms with E-state index in [0.717, 1.165) is 55.7 Å². The van der Waals surface area contributed by atoms with Gasteiger partial charge in [-0.1, -0.05) is 127 Å². The Morgan fingerprint density at radius 1 is 0.474 bits per heavy atom. The van der Waals surface area contributed by atoms with Gasteiger partial charge < -0.3 is 0 Å². The Labute approximate surface area is 457 Å². The fourth-order valence-corrected chi connectivity index (χ4v) is 10.4. The summed E-state index contributed by atoms with van der Waals surface area (Å²) in [6.45, 7) is 19.3. The third-order valence-electron chi connectivity index (χ3n) is 12.9. The van der Waals surface area contributed by atoms with Crippen molar-refractivity contribution in [3.63, 3.8) is 0 Å². The van der Waals surface area contributed by atoms with Crippen LogP contribution in [0.25, 0.3) is 54.9 Å². The molecule has 0 atom stereocenters. The SMILES string of the molecule is CC(C)c1cc2c(-c3cc(C(F)(F)F)cc(C(F)(F)F)c3)c(C(C)(C)C)ccc2[cH-]1.CC(C)c1cc2c(-c3cc(C(F)(F)F)cc(C(F)(F)F)c3)c(C(C)(C)C)ccc2[cH-]1.[Cl][Zr][Cl].[c-]1cccc2c1[Si]c1ccccc1-2. The second kappa shape index (κ2) is 23.0. The van der Waals surface area contributed by atoms with E-state index in [0.29, 0.717) is 33.0 Å². The molecule has 0 N–H and O–H groups in total. The summed E-state index contributed by atoms with van der Waals surface area (Å²) >= 11 is -0.826. The van der Waals surface area contributed by atoms with Gasteiger partial charge in [0.2, 0.25) is 0 Å². The Balaban J connectivity index is 0.000000192. The monoisotopic (exact) mass is 1190 g/mol. The average Bonchev–Trinajstić information content (AvgIpc) is 4.06. The van der Waals surface area contributed by atoms with Gasteiger partial charge in [-0.05, 0) is 70.2 Å². The number of halogens is 14. The fourth-order valence-electron chi connectivity index (χ4n) is 9.07. The van der Waals surface area contributed by atoms with Crippen LogP contribution in [0.5, 0.6) is 0 Å². The maximum atomic E-state index is 13.4. The van der Waals surface area contributed by atoms with Crippen molar-refractivity contribution in [3.8, 4) is 33.4 Å². The molecule has 8 aromatic carbocycles. The molecule has 0 fully saturated rings. The van der Waals surface area contributed by atoms with Gasteiger partial charge in [-0.3, -0.25) is 0 Å². The summed E-state index contributed by atoms with van der Waals surface area (Å²) < 4.78 is 161. The third kappa shape index (κ3) is 14.2. The fraction of sp³-hybridized carbons (Fsp3) is 0.300. The number of benzene rings is 6. The van der Waals surface area contributed by atoms with Crippen molar-refractivity contribution in [2.75, 3.05) is 0 Å². The maximum Gasteiger partial charge on any atom is 0.0920 e. The van der Waals surface area contributed by atoms with Crippen molar-refractivity contribution in [2.45, 2.75) is 117 Å². The van der Waals surface area contributed by atoms with Crippen LogP contribution in [-0.4, -0.2) is 9.52 Å². The van der Waals surface area contributed by atoms with E-state index in [2.05, 4.69) is 42.5 Å². The molecule has 402 valence electrons. The second-order valence-electron chi connectivity index (χ2n) is 21.2. The van der Waals surface area contributed by atoms with Crippen molar-refractivity contribution in [1.82, 2.24) is 0 Å². The van der Waals surface area contributed by atoms with Crippen molar-refractivity contribution < 1.29 is 73.5 Å². The Kier molecular flexibility index (Phi) is 18.3. The molecule has 1 heterocycles. The summed E-state index contributed by atoms with van der Waals surface area (Å²) in [7, 11) is 10.7. The molecule has 8 aromatic rings. The van der Waals surface area contributed by atoms with E-state index in [1.54, 1.807) is 12.1 Å². The summed E-state index contributed by atoms with van der Waals surface area (Å²) in [6, 6.07) is 36.8.